The van der Waals surface area contributed by atoms with Gasteiger partial charge >= 0.3 is 0 Å². The van der Waals surface area contributed by atoms with Crippen LogP contribution in [0, 0.1) is 6.92 Å². The van der Waals surface area contributed by atoms with Crippen LogP contribution in [0.3, 0.4) is 0 Å². The highest BCUT2D eigenvalue weighted by Gasteiger charge is 2.19. The topological polar surface area (TPSA) is 62.1 Å². The SMILES string of the molecule is CCOc1cccn2c(C(=O)Nc3ccc(N4CCN(C)CC4)cc3)c(C)nc12. The molecule has 3 aromatic rings. The number of carbonyl (C=O) groups excluding carboxylic acids is 1. The highest BCUT2D eigenvalue weighted by Crippen LogP contribution is 2.24. The first-order chi connectivity index (χ1) is 14.1. The number of ether oxygens (including phenoxy) is 1. The molecule has 1 aromatic carbocycles. The summed E-state index contributed by atoms with van der Waals surface area (Å²) in [6.07, 6.45) is 1.84. The van der Waals surface area contributed by atoms with Gasteiger partial charge in [-0.1, -0.05) is 0 Å². The monoisotopic (exact) mass is 393 g/mol. The van der Waals surface area contributed by atoms with E-state index >= 15 is 0 Å². The molecule has 1 aliphatic heterocycles. The molecule has 0 radical (unpaired) electrons. The molecule has 1 fully saturated rings. The molecule has 7 nitrogen and oxygen atoms in total. The van der Waals surface area contributed by atoms with Crippen LogP contribution in [0.15, 0.2) is 42.6 Å². The Morgan fingerprint density at radius 1 is 1.14 bits per heavy atom. The maximum Gasteiger partial charge on any atom is 0.274 e. The van der Waals surface area contributed by atoms with E-state index < -0.39 is 0 Å². The lowest BCUT2D eigenvalue weighted by Crippen LogP contribution is -2.44. The molecule has 2 aromatic heterocycles. The first kappa shape index (κ1) is 19.3. The maximum atomic E-state index is 13.0. The normalized spacial score (nSPS) is 14.9. The van der Waals surface area contributed by atoms with Gasteiger partial charge in [-0.25, -0.2) is 4.98 Å². The van der Waals surface area contributed by atoms with Crippen molar-refractivity contribution in [2.75, 3.05) is 50.1 Å². The van der Waals surface area contributed by atoms with Crippen molar-refractivity contribution in [1.29, 1.82) is 0 Å². The number of anilines is 2. The fourth-order valence-corrected chi connectivity index (χ4v) is 3.71. The summed E-state index contributed by atoms with van der Waals surface area (Å²) in [5.41, 5.74) is 3.79. The molecule has 3 heterocycles. The number of carbonyl (C=O) groups is 1. The number of amides is 1. The van der Waals surface area contributed by atoms with Gasteiger partial charge in [-0.05, 0) is 57.3 Å². The number of nitrogens with zero attached hydrogens (tertiary/aromatic N) is 4. The van der Waals surface area contributed by atoms with E-state index in [4.69, 9.17) is 4.74 Å². The Bertz CT molecular complexity index is 1000. The lowest BCUT2D eigenvalue weighted by molar-refractivity contribution is 0.102. The number of nitrogens with one attached hydrogen (secondary N) is 1. The second-order valence-electron chi connectivity index (χ2n) is 7.34. The zero-order chi connectivity index (χ0) is 20.4. The number of aryl methyl sites for hydroxylation is 1. The van der Waals surface area contributed by atoms with Crippen LogP contribution < -0.4 is 15.0 Å². The van der Waals surface area contributed by atoms with Crippen LogP contribution in [-0.2, 0) is 0 Å². The van der Waals surface area contributed by atoms with Gasteiger partial charge in [0.05, 0.1) is 12.3 Å². The van der Waals surface area contributed by atoms with Crippen molar-refractivity contribution in [3.8, 4) is 5.75 Å². The van der Waals surface area contributed by atoms with E-state index in [-0.39, 0.29) is 5.91 Å². The Hall–Kier alpha value is -3.06. The molecule has 1 saturated heterocycles. The molecular weight excluding hydrogens is 366 g/mol. The van der Waals surface area contributed by atoms with Gasteiger partial charge < -0.3 is 19.9 Å². The average Bonchev–Trinajstić information content (AvgIpc) is 3.06. The molecule has 1 amide bonds. The van der Waals surface area contributed by atoms with E-state index in [2.05, 4.69) is 39.3 Å². The molecular formula is C22H27N5O2. The van der Waals surface area contributed by atoms with Crippen LogP contribution in [0.4, 0.5) is 11.4 Å². The van der Waals surface area contributed by atoms with E-state index in [1.807, 2.05) is 44.3 Å². The van der Waals surface area contributed by atoms with E-state index in [9.17, 15) is 4.79 Å². The van der Waals surface area contributed by atoms with Crippen LogP contribution >= 0.6 is 0 Å². The summed E-state index contributed by atoms with van der Waals surface area (Å²) in [5.74, 6) is 0.490. The third kappa shape index (κ3) is 3.91. The standard InChI is InChI=1S/C22H27N5O2/c1-4-29-19-6-5-11-27-20(16(2)23-21(19)27)22(28)24-17-7-9-18(10-8-17)26-14-12-25(3)13-15-26/h5-11H,4,12-15H2,1-3H3,(H,24,28). The van der Waals surface area contributed by atoms with Gasteiger partial charge in [0.1, 0.15) is 5.69 Å². The summed E-state index contributed by atoms with van der Waals surface area (Å²) in [5, 5.41) is 3.00. The van der Waals surface area contributed by atoms with E-state index in [0.717, 1.165) is 31.9 Å². The van der Waals surface area contributed by atoms with Gasteiger partial charge in [-0.3, -0.25) is 9.20 Å². The summed E-state index contributed by atoms with van der Waals surface area (Å²) < 4.78 is 7.43. The average molecular weight is 393 g/mol. The predicted molar refractivity (Wildman–Crippen MR) is 115 cm³/mol. The zero-order valence-electron chi connectivity index (χ0n) is 17.2. The van der Waals surface area contributed by atoms with E-state index in [1.165, 1.54) is 5.69 Å². The van der Waals surface area contributed by atoms with Crippen molar-refractivity contribution in [2.45, 2.75) is 13.8 Å². The quantitative estimate of drug-likeness (QED) is 0.722. The summed E-state index contributed by atoms with van der Waals surface area (Å²) in [6, 6.07) is 11.8. The fourth-order valence-electron chi connectivity index (χ4n) is 3.71. The van der Waals surface area contributed by atoms with Gasteiger partial charge in [-0.15, -0.1) is 0 Å². The Morgan fingerprint density at radius 3 is 2.55 bits per heavy atom. The number of aromatic nitrogens is 2. The van der Waals surface area contributed by atoms with Crippen molar-refractivity contribution in [3.05, 3.63) is 54.0 Å². The van der Waals surface area contributed by atoms with Gasteiger partial charge in [0.25, 0.3) is 5.91 Å². The molecule has 1 N–H and O–H groups in total. The third-order valence-corrected chi connectivity index (χ3v) is 5.30. The van der Waals surface area contributed by atoms with Crippen LogP contribution in [0.2, 0.25) is 0 Å². The van der Waals surface area contributed by atoms with E-state index in [1.54, 1.807) is 4.40 Å². The Kier molecular flexibility index (Phi) is 5.40. The minimum Gasteiger partial charge on any atom is -0.490 e. The van der Waals surface area contributed by atoms with Crippen LogP contribution in [0.5, 0.6) is 5.75 Å². The highest BCUT2D eigenvalue weighted by atomic mass is 16.5. The molecule has 152 valence electrons. The molecule has 0 spiro atoms. The minimum atomic E-state index is -0.184. The minimum absolute atomic E-state index is 0.184. The number of piperazine rings is 1. The number of rotatable bonds is 5. The maximum absolute atomic E-state index is 13.0. The number of fused-ring (bicyclic) bond motifs is 1. The molecule has 1 aliphatic rings. The van der Waals surface area contributed by atoms with Gasteiger partial charge in [0.2, 0.25) is 0 Å². The van der Waals surface area contributed by atoms with Crippen LogP contribution in [-0.4, -0.2) is 60.0 Å². The molecule has 0 atom stereocenters. The Morgan fingerprint density at radius 2 is 1.86 bits per heavy atom. The van der Waals surface area contributed by atoms with Crippen molar-refractivity contribution in [3.63, 3.8) is 0 Å². The molecule has 0 unspecified atom stereocenters. The van der Waals surface area contributed by atoms with Crippen molar-refractivity contribution >= 4 is 22.9 Å². The largest absolute Gasteiger partial charge is 0.490 e. The Balaban J connectivity index is 1.52. The lowest BCUT2D eigenvalue weighted by atomic mass is 10.2. The first-order valence-corrected chi connectivity index (χ1v) is 10.0. The molecule has 0 aliphatic carbocycles. The lowest BCUT2D eigenvalue weighted by Gasteiger charge is -2.34. The second kappa shape index (κ2) is 8.13. The van der Waals surface area contributed by atoms with Crippen LogP contribution in [0.1, 0.15) is 23.1 Å². The first-order valence-electron chi connectivity index (χ1n) is 10.0. The van der Waals surface area contributed by atoms with Crippen molar-refractivity contribution in [1.82, 2.24) is 14.3 Å². The van der Waals surface area contributed by atoms with Crippen molar-refractivity contribution in [2.24, 2.45) is 0 Å². The molecule has 0 bridgehead atoms. The van der Waals surface area contributed by atoms with Gasteiger partial charge in [0.15, 0.2) is 11.4 Å². The number of hydrogen-bond acceptors (Lipinski definition) is 5. The predicted octanol–water partition coefficient (Wildman–Crippen LogP) is 3.05. The summed E-state index contributed by atoms with van der Waals surface area (Å²) >= 11 is 0. The van der Waals surface area contributed by atoms with Gasteiger partial charge in [-0.2, -0.15) is 0 Å². The molecule has 0 saturated carbocycles. The fraction of sp³-hybridized carbons (Fsp3) is 0.364. The molecule has 7 heteroatoms. The summed E-state index contributed by atoms with van der Waals surface area (Å²) in [7, 11) is 2.15. The Labute approximate surface area is 170 Å². The highest BCUT2D eigenvalue weighted by molar-refractivity contribution is 6.04. The molecule has 4 rings (SSSR count). The number of imidazole rings is 1. The third-order valence-electron chi connectivity index (χ3n) is 5.30. The van der Waals surface area contributed by atoms with E-state index in [0.29, 0.717) is 29.4 Å². The smallest absolute Gasteiger partial charge is 0.274 e. The summed E-state index contributed by atoms with van der Waals surface area (Å²) in [4.78, 5) is 22.2. The number of pyridine rings is 1. The zero-order valence-corrected chi connectivity index (χ0v) is 17.2. The number of likely N-dealkylation sites (N-methyl/N-ethyl adjacent to an activating group) is 1. The summed E-state index contributed by atoms with van der Waals surface area (Å²) in [6.45, 7) is 8.49. The van der Waals surface area contributed by atoms with Crippen molar-refractivity contribution < 1.29 is 9.53 Å². The number of benzene rings is 1. The molecule has 29 heavy (non-hydrogen) atoms. The van der Waals surface area contributed by atoms with Gasteiger partial charge in [0, 0.05) is 43.8 Å². The van der Waals surface area contributed by atoms with Crippen LogP contribution in [0.25, 0.3) is 5.65 Å². The number of hydrogen-bond donors (Lipinski definition) is 1. The second-order valence-corrected chi connectivity index (χ2v) is 7.34.